The van der Waals surface area contributed by atoms with E-state index in [1.165, 1.54) is 6.33 Å². The van der Waals surface area contributed by atoms with Crippen LogP contribution in [0, 0.1) is 0 Å². The summed E-state index contributed by atoms with van der Waals surface area (Å²) in [5.41, 5.74) is 0. The highest BCUT2D eigenvalue weighted by Crippen LogP contribution is 2.10. The summed E-state index contributed by atoms with van der Waals surface area (Å²) in [5, 5.41) is 11.9. The van der Waals surface area contributed by atoms with Crippen molar-refractivity contribution in [3.05, 3.63) is 18.6 Å². The lowest BCUT2D eigenvalue weighted by Crippen LogP contribution is -2.33. The molecule has 2 rings (SSSR count). The van der Waals surface area contributed by atoms with Crippen molar-refractivity contribution in [3.63, 3.8) is 0 Å². The number of hydrogen-bond acceptors (Lipinski definition) is 4. The summed E-state index contributed by atoms with van der Waals surface area (Å²) < 4.78 is 0. The standard InChI is InChI=1S/C9H12N4O2/c14-7-2-4-13(5-7)9(15)12-8-1-3-10-6-11-8/h1,3,6-7,14H,2,4-5H2,(H,10,11,12,15)/t7-/m0/s1. The van der Waals surface area contributed by atoms with Gasteiger partial charge in [0.25, 0.3) is 0 Å². The Morgan fingerprint density at radius 2 is 2.53 bits per heavy atom. The normalized spacial score (nSPS) is 20.3. The second kappa shape index (κ2) is 4.22. The quantitative estimate of drug-likeness (QED) is 0.684. The molecule has 2 heterocycles. The summed E-state index contributed by atoms with van der Waals surface area (Å²) in [4.78, 5) is 20.8. The molecule has 1 aromatic heterocycles. The van der Waals surface area contributed by atoms with Crippen molar-refractivity contribution in [1.82, 2.24) is 14.9 Å². The fourth-order valence-electron chi connectivity index (χ4n) is 1.48. The van der Waals surface area contributed by atoms with Gasteiger partial charge < -0.3 is 10.0 Å². The Morgan fingerprint density at radius 3 is 3.13 bits per heavy atom. The summed E-state index contributed by atoms with van der Waals surface area (Å²) in [6.07, 6.45) is 3.16. The average molecular weight is 208 g/mol. The van der Waals surface area contributed by atoms with Crippen LogP contribution < -0.4 is 5.32 Å². The van der Waals surface area contributed by atoms with Crippen molar-refractivity contribution in [3.8, 4) is 0 Å². The van der Waals surface area contributed by atoms with Crippen molar-refractivity contribution >= 4 is 11.8 Å². The largest absolute Gasteiger partial charge is 0.391 e. The molecule has 1 fully saturated rings. The van der Waals surface area contributed by atoms with E-state index in [2.05, 4.69) is 15.3 Å². The van der Waals surface area contributed by atoms with Gasteiger partial charge in [0.2, 0.25) is 0 Å². The minimum absolute atomic E-state index is 0.231. The topological polar surface area (TPSA) is 78.4 Å². The number of aromatic nitrogens is 2. The van der Waals surface area contributed by atoms with Gasteiger partial charge in [0.05, 0.1) is 6.10 Å². The molecule has 1 atom stereocenters. The molecule has 0 aliphatic carbocycles. The Morgan fingerprint density at radius 1 is 1.67 bits per heavy atom. The minimum atomic E-state index is -0.402. The number of nitrogens with zero attached hydrogens (tertiary/aromatic N) is 3. The fourth-order valence-corrected chi connectivity index (χ4v) is 1.48. The number of urea groups is 1. The van der Waals surface area contributed by atoms with Gasteiger partial charge in [-0.2, -0.15) is 0 Å². The van der Waals surface area contributed by atoms with Crippen molar-refractivity contribution in [2.75, 3.05) is 18.4 Å². The summed E-state index contributed by atoms with van der Waals surface area (Å²) in [7, 11) is 0. The lowest BCUT2D eigenvalue weighted by atomic mass is 10.3. The monoisotopic (exact) mass is 208 g/mol. The molecular weight excluding hydrogens is 196 g/mol. The average Bonchev–Trinajstić information content (AvgIpc) is 2.66. The molecular formula is C9H12N4O2. The Hall–Kier alpha value is -1.69. The van der Waals surface area contributed by atoms with E-state index in [9.17, 15) is 9.90 Å². The number of aliphatic hydroxyl groups is 1. The first-order chi connectivity index (χ1) is 7.25. The van der Waals surface area contributed by atoms with Crippen LogP contribution in [0.1, 0.15) is 6.42 Å². The van der Waals surface area contributed by atoms with Crippen molar-refractivity contribution in [1.29, 1.82) is 0 Å². The van der Waals surface area contributed by atoms with E-state index in [0.29, 0.717) is 25.3 Å². The van der Waals surface area contributed by atoms with Gasteiger partial charge in [0.15, 0.2) is 0 Å². The molecule has 1 aromatic rings. The molecule has 1 aliphatic rings. The molecule has 1 saturated heterocycles. The highest BCUT2D eigenvalue weighted by Gasteiger charge is 2.24. The number of aliphatic hydroxyl groups excluding tert-OH is 1. The lowest BCUT2D eigenvalue weighted by Gasteiger charge is -2.15. The van der Waals surface area contributed by atoms with Crippen molar-refractivity contribution in [2.45, 2.75) is 12.5 Å². The molecule has 0 aromatic carbocycles. The van der Waals surface area contributed by atoms with Crippen molar-refractivity contribution in [2.24, 2.45) is 0 Å². The van der Waals surface area contributed by atoms with E-state index >= 15 is 0 Å². The molecule has 0 unspecified atom stereocenters. The van der Waals surface area contributed by atoms with E-state index in [0.717, 1.165) is 0 Å². The minimum Gasteiger partial charge on any atom is -0.391 e. The number of rotatable bonds is 1. The first-order valence-electron chi connectivity index (χ1n) is 4.76. The van der Waals surface area contributed by atoms with Gasteiger partial charge in [-0.3, -0.25) is 5.32 Å². The van der Waals surface area contributed by atoms with Gasteiger partial charge >= 0.3 is 6.03 Å². The molecule has 6 nitrogen and oxygen atoms in total. The third-order valence-corrected chi connectivity index (χ3v) is 2.27. The number of carbonyl (C=O) groups is 1. The molecule has 6 heteroatoms. The predicted molar refractivity (Wildman–Crippen MR) is 53.2 cm³/mol. The van der Waals surface area contributed by atoms with Crippen LogP contribution in [-0.2, 0) is 0 Å². The van der Waals surface area contributed by atoms with Crippen LogP contribution in [0.4, 0.5) is 10.6 Å². The van der Waals surface area contributed by atoms with Crippen molar-refractivity contribution < 1.29 is 9.90 Å². The summed E-state index contributed by atoms with van der Waals surface area (Å²) >= 11 is 0. The number of β-amino-alcohol motifs (C(OH)–C–C–N with tert-alkyl or cyclic N) is 1. The molecule has 80 valence electrons. The summed E-state index contributed by atoms with van der Waals surface area (Å²) in [5.74, 6) is 0.469. The molecule has 2 amide bonds. The first-order valence-corrected chi connectivity index (χ1v) is 4.76. The zero-order valence-electron chi connectivity index (χ0n) is 8.13. The Bertz CT molecular complexity index is 343. The molecule has 1 aliphatic heterocycles. The second-order valence-corrected chi connectivity index (χ2v) is 3.41. The Kier molecular flexibility index (Phi) is 2.77. The fraction of sp³-hybridized carbons (Fsp3) is 0.444. The Balaban J connectivity index is 1.93. The zero-order chi connectivity index (χ0) is 10.7. The van der Waals surface area contributed by atoms with Gasteiger partial charge in [-0.1, -0.05) is 0 Å². The smallest absolute Gasteiger partial charge is 0.323 e. The van der Waals surface area contributed by atoms with Crippen LogP contribution in [0.2, 0.25) is 0 Å². The predicted octanol–water partition coefficient (Wildman–Crippen LogP) is 0.0751. The molecule has 0 radical (unpaired) electrons. The maximum Gasteiger partial charge on any atom is 0.323 e. The highest BCUT2D eigenvalue weighted by atomic mass is 16.3. The number of carbonyl (C=O) groups excluding carboxylic acids is 1. The van der Waals surface area contributed by atoms with Gasteiger partial charge in [-0.05, 0) is 12.5 Å². The van der Waals surface area contributed by atoms with Crippen LogP contribution in [0.25, 0.3) is 0 Å². The highest BCUT2D eigenvalue weighted by molar-refractivity contribution is 5.88. The van der Waals surface area contributed by atoms with E-state index in [1.807, 2.05) is 0 Å². The first kappa shape index (κ1) is 9.85. The molecule has 0 spiro atoms. The Labute approximate surface area is 87.0 Å². The maximum atomic E-state index is 11.6. The third-order valence-electron chi connectivity index (χ3n) is 2.27. The SMILES string of the molecule is O=C(Nc1ccncn1)N1CC[C@H](O)C1. The van der Waals surface area contributed by atoms with E-state index in [4.69, 9.17) is 0 Å². The van der Waals surface area contributed by atoms with Crippen LogP contribution in [0.5, 0.6) is 0 Å². The van der Waals surface area contributed by atoms with Crippen LogP contribution in [-0.4, -0.2) is 45.2 Å². The van der Waals surface area contributed by atoms with E-state index < -0.39 is 6.10 Å². The lowest BCUT2D eigenvalue weighted by molar-refractivity contribution is 0.176. The second-order valence-electron chi connectivity index (χ2n) is 3.41. The van der Waals surface area contributed by atoms with Crippen LogP contribution >= 0.6 is 0 Å². The molecule has 15 heavy (non-hydrogen) atoms. The zero-order valence-corrected chi connectivity index (χ0v) is 8.13. The number of nitrogens with one attached hydrogen (secondary N) is 1. The summed E-state index contributed by atoms with van der Waals surface area (Å²) in [6, 6.07) is 1.38. The molecule has 0 saturated carbocycles. The molecule has 0 bridgehead atoms. The molecule has 2 N–H and O–H groups in total. The van der Waals surface area contributed by atoms with Crippen LogP contribution in [0.15, 0.2) is 18.6 Å². The van der Waals surface area contributed by atoms with E-state index in [-0.39, 0.29) is 6.03 Å². The third kappa shape index (κ3) is 2.41. The van der Waals surface area contributed by atoms with E-state index in [1.54, 1.807) is 17.2 Å². The van der Waals surface area contributed by atoms with Gasteiger partial charge in [0.1, 0.15) is 12.1 Å². The number of hydrogen-bond donors (Lipinski definition) is 2. The van der Waals surface area contributed by atoms with Gasteiger partial charge in [0, 0.05) is 19.3 Å². The summed E-state index contributed by atoms with van der Waals surface area (Å²) in [6.45, 7) is 0.967. The maximum absolute atomic E-state index is 11.6. The van der Waals surface area contributed by atoms with Gasteiger partial charge in [-0.15, -0.1) is 0 Å². The van der Waals surface area contributed by atoms with Gasteiger partial charge in [-0.25, -0.2) is 14.8 Å². The number of amides is 2. The van der Waals surface area contributed by atoms with Crippen LogP contribution in [0.3, 0.4) is 0 Å². The number of anilines is 1. The number of likely N-dealkylation sites (tertiary alicyclic amines) is 1.